The number of unbranched alkanes of at least 4 members (excludes halogenated alkanes) is 42. The van der Waals surface area contributed by atoms with Crippen LogP contribution in [0.2, 0.25) is 0 Å². The van der Waals surface area contributed by atoms with E-state index in [9.17, 15) is 14.4 Å². The molecule has 6 nitrogen and oxygen atoms in total. The van der Waals surface area contributed by atoms with Gasteiger partial charge in [0.2, 0.25) is 0 Å². The first-order valence-corrected chi connectivity index (χ1v) is 28.5. The molecule has 0 bridgehead atoms. The summed E-state index contributed by atoms with van der Waals surface area (Å²) in [6.07, 6.45) is 58.5. The molecule has 0 rings (SSSR count). The van der Waals surface area contributed by atoms with E-state index in [1.165, 1.54) is 231 Å². The van der Waals surface area contributed by atoms with E-state index in [2.05, 4.69) is 20.8 Å². The van der Waals surface area contributed by atoms with Crippen LogP contribution in [0.3, 0.4) is 0 Å². The summed E-state index contributed by atoms with van der Waals surface area (Å²) in [4.78, 5) is 37.8. The summed E-state index contributed by atoms with van der Waals surface area (Å²) < 4.78 is 16.7. The molecule has 0 aromatic heterocycles. The van der Waals surface area contributed by atoms with Gasteiger partial charge < -0.3 is 14.2 Å². The molecule has 0 aromatic rings. The molecule has 0 saturated carbocycles. The Balaban J connectivity index is 3.96. The molecule has 374 valence electrons. The Morgan fingerprint density at radius 1 is 0.254 bits per heavy atom. The number of esters is 3. The quantitative estimate of drug-likeness (QED) is 0.0344. The molecule has 0 spiro atoms. The van der Waals surface area contributed by atoms with Gasteiger partial charge in [-0.3, -0.25) is 14.4 Å². The molecule has 0 radical (unpaired) electrons. The van der Waals surface area contributed by atoms with Gasteiger partial charge in [-0.15, -0.1) is 0 Å². The van der Waals surface area contributed by atoms with Crippen LogP contribution in [0.4, 0.5) is 0 Å². The van der Waals surface area contributed by atoms with Gasteiger partial charge in [-0.1, -0.05) is 290 Å². The van der Waals surface area contributed by atoms with Crippen molar-refractivity contribution < 1.29 is 28.6 Å². The fourth-order valence-electron chi connectivity index (χ4n) is 8.80. The third-order valence-corrected chi connectivity index (χ3v) is 13.1. The molecule has 63 heavy (non-hydrogen) atoms. The summed E-state index contributed by atoms with van der Waals surface area (Å²) in [7, 11) is 0. The second-order valence-electron chi connectivity index (χ2n) is 19.6. The highest BCUT2D eigenvalue weighted by Gasteiger charge is 2.19. The number of carbonyl (C=O) groups is 3. The first-order chi connectivity index (χ1) is 31.0. The smallest absolute Gasteiger partial charge is 0.306 e. The lowest BCUT2D eigenvalue weighted by atomic mass is 10.0. The van der Waals surface area contributed by atoms with Crippen molar-refractivity contribution in [2.45, 2.75) is 335 Å². The fourth-order valence-corrected chi connectivity index (χ4v) is 8.80. The Bertz CT molecular complexity index is 936. The van der Waals surface area contributed by atoms with Crippen LogP contribution in [0.1, 0.15) is 329 Å². The van der Waals surface area contributed by atoms with Gasteiger partial charge in [0, 0.05) is 19.3 Å². The third kappa shape index (κ3) is 51.3. The molecule has 0 N–H and O–H groups in total. The van der Waals surface area contributed by atoms with Crippen molar-refractivity contribution in [2.75, 3.05) is 13.2 Å². The van der Waals surface area contributed by atoms with Crippen LogP contribution in [-0.4, -0.2) is 37.2 Å². The summed E-state index contributed by atoms with van der Waals surface area (Å²) in [5.74, 6) is -0.849. The standard InChI is InChI=1S/C57H110O6/c1-4-7-10-13-16-18-20-21-22-23-24-25-26-27-28-29-30-31-32-33-34-35-37-38-41-44-47-50-56(59)62-53-54(52-61-55(58)49-46-43-40-15-12-9-6-3)63-57(60)51-48-45-42-39-36-19-17-14-11-8-5-2/h54H,4-53H2,1-3H3. The van der Waals surface area contributed by atoms with E-state index in [-0.39, 0.29) is 31.1 Å². The zero-order chi connectivity index (χ0) is 45.8. The number of ether oxygens (including phenoxy) is 3. The lowest BCUT2D eigenvalue weighted by Crippen LogP contribution is -2.30. The minimum Gasteiger partial charge on any atom is -0.462 e. The van der Waals surface area contributed by atoms with Crippen LogP contribution in [0.5, 0.6) is 0 Å². The molecule has 0 aliphatic carbocycles. The van der Waals surface area contributed by atoms with Crippen LogP contribution in [0.25, 0.3) is 0 Å². The lowest BCUT2D eigenvalue weighted by Gasteiger charge is -2.18. The maximum absolute atomic E-state index is 12.7. The number of hydrogen-bond acceptors (Lipinski definition) is 6. The van der Waals surface area contributed by atoms with E-state index in [0.717, 1.165) is 57.8 Å². The molecule has 0 amide bonds. The van der Waals surface area contributed by atoms with E-state index < -0.39 is 6.10 Å². The summed E-state index contributed by atoms with van der Waals surface area (Å²) in [5.41, 5.74) is 0. The lowest BCUT2D eigenvalue weighted by molar-refractivity contribution is -0.167. The monoisotopic (exact) mass is 891 g/mol. The largest absolute Gasteiger partial charge is 0.462 e. The van der Waals surface area contributed by atoms with E-state index in [4.69, 9.17) is 14.2 Å². The molecule has 1 atom stereocenters. The second-order valence-corrected chi connectivity index (χ2v) is 19.6. The molecule has 0 saturated heterocycles. The highest BCUT2D eigenvalue weighted by Crippen LogP contribution is 2.18. The molecule has 0 aromatic carbocycles. The topological polar surface area (TPSA) is 78.9 Å². The van der Waals surface area contributed by atoms with Crippen molar-refractivity contribution in [1.82, 2.24) is 0 Å². The van der Waals surface area contributed by atoms with Gasteiger partial charge in [0.1, 0.15) is 13.2 Å². The van der Waals surface area contributed by atoms with Crippen LogP contribution in [0.15, 0.2) is 0 Å². The predicted octanol–water partition coefficient (Wildman–Crippen LogP) is 18.8. The average molecular weight is 892 g/mol. The van der Waals surface area contributed by atoms with Gasteiger partial charge in [-0.05, 0) is 19.3 Å². The van der Waals surface area contributed by atoms with Crippen LogP contribution >= 0.6 is 0 Å². The van der Waals surface area contributed by atoms with Crippen LogP contribution in [-0.2, 0) is 28.6 Å². The summed E-state index contributed by atoms with van der Waals surface area (Å²) >= 11 is 0. The van der Waals surface area contributed by atoms with E-state index in [1.807, 2.05) is 0 Å². The molecular weight excluding hydrogens is 781 g/mol. The molecular formula is C57H110O6. The SMILES string of the molecule is CCCCCCCCCCCCCCCCCCCCCCCCCCCCCC(=O)OCC(COC(=O)CCCCCCCCC)OC(=O)CCCCCCCCCCCCC. The first-order valence-electron chi connectivity index (χ1n) is 28.5. The highest BCUT2D eigenvalue weighted by molar-refractivity contribution is 5.71. The van der Waals surface area contributed by atoms with Gasteiger partial charge in [0.05, 0.1) is 0 Å². The number of rotatable bonds is 53. The second kappa shape index (κ2) is 53.0. The highest BCUT2D eigenvalue weighted by atomic mass is 16.6. The van der Waals surface area contributed by atoms with Gasteiger partial charge in [-0.25, -0.2) is 0 Å². The summed E-state index contributed by atoms with van der Waals surface area (Å²) in [6.45, 7) is 6.64. The van der Waals surface area contributed by atoms with Crippen LogP contribution in [0, 0.1) is 0 Å². The predicted molar refractivity (Wildman–Crippen MR) is 270 cm³/mol. The maximum atomic E-state index is 12.7. The van der Waals surface area contributed by atoms with E-state index in [0.29, 0.717) is 19.3 Å². The zero-order valence-corrected chi connectivity index (χ0v) is 42.9. The Morgan fingerprint density at radius 3 is 0.635 bits per heavy atom. The van der Waals surface area contributed by atoms with Gasteiger partial charge in [0.25, 0.3) is 0 Å². The Labute approximate surface area is 393 Å². The van der Waals surface area contributed by atoms with E-state index in [1.54, 1.807) is 0 Å². The first kappa shape index (κ1) is 61.4. The minimum atomic E-state index is -0.758. The van der Waals surface area contributed by atoms with Gasteiger partial charge >= 0.3 is 17.9 Å². The number of carbonyl (C=O) groups excluding carboxylic acids is 3. The fraction of sp³-hybridized carbons (Fsp3) is 0.947. The van der Waals surface area contributed by atoms with Crippen LogP contribution < -0.4 is 0 Å². The molecule has 6 heteroatoms. The minimum absolute atomic E-state index is 0.0625. The van der Waals surface area contributed by atoms with Gasteiger partial charge in [-0.2, -0.15) is 0 Å². The Hall–Kier alpha value is -1.59. The molecule has 1 unspecified atom stereocenters. The Kier molecular flexibility index (Phi) is 51.7. The van der Waals surface area contributed by atoms with Crippen molar-refractivity contribution in [3.05, 3.63) is 0 Å². The molecule has 0 aliphatic heterocycles. The zero-order valence-electron chi connectivity index (χ0n) is 42.9. The van der Waals surface area contributed by atoms with Crippen molar-refractivity contribution >= 4 is 17.9 Å². The van der Waals surface area contributed by atoms with E-state index >= 15 is 0 Å². The van der Waals surface area contributed by atoms with Gasteiger partial charge in [0.15, 0.2) is 6.10 Å². The van der Waals surface area contributed by atoms with Crippen molar-refractivity contribution in [3.63, 3.8) is 0 Å². The molecule has 0 aliphatic rings. The molecule has 0 fully saturated rings. The maximum Gasteiger partial charge on any atom is 0.306 e. The third-order valence-electron chi connectivity index (χ3n) is 13.1. The van der Waals surface area contributed by atoms with Crippen molar-refractivity contribution in [3.8, 4) is 0 Å². The average Bonchev–Trinajstić information content (AvgIpc) is 3.28. The Morgan fingerprint density at radius 2 is 0.429 bits per heavy atom. The molecule has 0 heterocycles. The normalized spacial score (nSPS) is 11.9. The van der Waals surface area contributed by atoms with Crippen molar-refractivity contribution in [1.29, 1.82) is 0 Å². The summed E-state index contributed by atoms with van der Waals surface area (Å²) in [6, 6.07) is 0. The van der Waals surface area contributed by atoms with Crippen molar-refractivity contribution in [2.24, 2.45) is 0 Å². The number of hydrogen-bond donors (Lipinski definition) is 0. The summed E-state index contributed by atoms with van der Waals surface area (Å²) in [5, 5.41) is 0.